The SMILES string of the molecule is CC(C(=O)O)c1ccc(Cl)cc1Br. The third-order valence-corrected chi connectivity index (χ3v) is 2.72. The van der Waals surface area contributed by atoms with E-state index in [4.69, 9.17) is 16.7 Å². The summed E-state index contributed by atoms with van der Waals surface area (Å²) in [6.45, 7) is 1.64. The number of carboxylic acid groups (broad SMARTS) is 1. The van der Waals surface area contributed by atoms with Crippen LogP contribution in [0.1, 0.15) is 18.4 Å². The highest BCUT2D eigenvalue weighted by Gasteiger charge is 2.16. The average Bonchev–Trinajstić information content (AvgIpc) is 2.03. The van der Waals surface area contributed by atoms with Crippen LogP contribution in [0.2, 0.25) is 5.02 Å². The average molecular weight is 264 g/mol. The first-order valence-corrected chi connectivity index (χ1v) is 4.87. The van der Waals surface area contributed by atoms with Gasteiger partial charge in [0.15, 0.2) is 0 Å². The number of aliphatic carboxylic acids is 1. The highest BCUT2D eigenvalue weighted by atomic mass is 79.9. The molecule has 0 saturated carbocycles. The Morgan fingerprint density at radius 1 is 1.62 bits per heavy atom. The van der Waals surface area contributed by atoms with Gasteiger partial charge in [0.1, 0.15) is 0 Å². The molecule has 70 valence electrons. The standard InChI is InChI=1S/C9H8BrClO2/c1-5(9(12)13)7-3-2-6(11)4-8(7)10/h2-5H,1H3,(H,12,13). The molecule has 0 heterocycles. The summed E-state index contributed by atoms with van der Waals surface area (Å²) in [5.74, 6) is -1.37. The molecule has 0 aliphatic rings. The number of rotatable bonds is 2. The van der Waals surface area contributed by atoms with E-state index in [1.807, 2.05) is 0 Å². The van der Waals surface area contributed by atoms with Crippen molar-refractivity contribution in [3.8, 4) is 0 Å². The van der Waals surface area contributed by atoms with Gasteiger partial charge in [-0.2, -0.15) is 0 Å². The van der Waals surface area contributed by atoms with Crippen LogP contribution in [0.5, 0.6) is 0 Å². The molecule has 0 spiro atoms. The lowest BCUT2D eigenvalue weighted by atomic mass is 10.0. The summed E-state index contributed by atoms with van der Waals surface area (Å²) in [7, 11) is 0. The van der Waals surface area contributed by atoms with Crippen LogP contribution in [0.4, 0.5) is 0 Å². The highest BCUT2D eigenvalue weighted by molar-refractivity contribution is 9.10. The number of carboxylic acids is 1. The van der Waals surface area contributed by atoms with Gasteiger partial charge in [-0.05, 0) is 24.6 Å². The van der Waals surface area contributed by atoms with Gasteiger partial charge in [0, 0.05) is 9.50 Å². The first-order chi connectivity index (χ1) is 6.02. The monoisotopic (exact) mass is 262 g/mol. The molecule has 1 unspecified atom stereocenters. The molecule has 1 rings (SSSR count). The molecule has 0 bridgehead atoms. The van der Waals surface area contributed by atoms with E-state index in [1.165, 1.54) is 0 Å². The van der Waals surface area contributed by atoms with Gasteiger partial charge in [-0.15, -0.1) is 0 Å². The molecular weight excluding hydrogens is 255 g/mol. The molecule has 0 aromatic heterocycles. The minimum absolute atomic E-state index is 0.522. The van der Waals surface area contributed by atoms with Gasteiger partial charge >= 0.3 is 5.97 Å². The highest BCUT2D eigenvalue weighted by Crippen LogP contribution is 2.27. The van der Waals surface area contributed by atoms with Crippen molar-refractivity contribution in [2.45, 2.75) is 12.8 Å². The van der Waals surface area contributed by atoms with Gasteiger partial charge in [-0.3, -0.25) is 4.79 Å². The van der Waals surface area contributed by atoms with Crippen LogP contribution >= 0.6 is 27.5 Å². The molecule has 0 saturated heterocycles. The third kappa shape index (κ3) is 2.45. The van der Waals surface area contributed by atoms with Gasteiger partial charge < -0.3 is 5.11 Å². The zero-order chi connectivity index (χ0) is 10.0. The first-order valence-electron chi connectivity index (χ1n) is 3.70. The minimum atomic E-state index is -0.844. The fraction of sp³-hybridized carbons (Fsp3) is 0.222. The first kappa shape index (κ1) is 10.5. The van der Waals surface area contributed by atoms with Gasteiger partial charge in [-0.1, -0.05) is 33.6 Å². The zero-order valence-corrected chi connectivity index (χ0v) is 9.26. The number of halogens is 2. The second kappa shape index (κ2) is 4.11. The molecular formula is C9H8BrClO2. The van der Waals surface area contributed by atoms with Gasteiger partial charge in [0.2, 0.25) is 0 Å². The Hall–Kier alpha value is -0.540. The van der Waals surface area contributed by atoms with Crippen LogP contribution in [-0.4, -0.2) is 11.1 Å². The molecule has 0 aliphatic carbocycles. The van der Waals surface area contributed by atoms with Crippen molar-refractivity contribution >= 4 is 33.5 Å². The summed E-state index contributed by atoms with van der Waals surface area (Å²) in [4.78, 5) is 10.7. The molecule has 4 heteroatoms. The van der Waals surface area contributed by atoms with Crippen molar-refractivity contribution in [1.82, 2.24) is 0 Å². The van der Waals surface area contributed by atoms with Gasteiger partial charge in [0.25, 0.3) is 0 Å². The fourth-order valence-electron chi connectivity index (χ4n) is 0.986. The summed E-state index contributed by atoms with van der Waals surface area (Å²) < 4.78 is 0.731. The van der Waals surface area contributed by atoms with Crippen molar-refractivity contribution < 1.29 is 9.90 Å². The van der Waals surface area contributed by atoms with Crippen molar-refractivity contribution in [3.05, 3.63) is 33.3 Å². The quantitative estimate of drug-likeness (QED) is 0.889. The van der Waals surface area contributed by atoms with Crippen LogP contribution in [0.15, 0.2) is 22.7 Å². The third-order valence-electron chi connectivity index (χ3n) is 1.80. The largest absolute Gasteiger partial charge is 0.481 e. The number of carbonyl (C=O) groups is 1. The molecule has 2 nitrogen and oxygen atoms in total. The summed E-state index contributed by atoms with van der Waals surface area (Å²) >= 11 is 8.99. The topological polar surface area (TPSA) is 37.3 Å². The maximum absolute atomic E-state index is 10.7. The van der Waals surface area contributed by atoms with E-state index in [0.717, 1.165) is 10.0 Å². The second-order valence-electron chi connectivity index (χ2n) is 2.73. The lowest BCUT2D eigenvalue weighted by molar-refractivity contribution is -0.138. The molecule has 0 amide bonds. The Morgan fingerprint density at radius 2 is 2.23 bits per heavy atom. The predicted octanol–water partition coefficient (Wildman–Crippen LogP) is 3.29. The molecule has 1 atom stereocenters. The summed E-state index contributed by atoms with van der Waals surface area (Å²) in [6.07, 6.45) is 0. The van der Waals surface area contributed by atoms with Crippen LogP contribution in [0, 0.1) is 0 Å². The number of benzene rings is 1. The van der Waals surface area contributed by atoms with E-state index < -0.39 is 11.9 Å². The Kier molecular flexibility index (Phi) is 3.33. The lowest BCUT2D eigenvalue weighted by Crippen LogP contribution is -2.07. The predicted molar refractivity (Wildman–Crippen MR) is 55.2 cm³/mol. The molecule has 0 fully saturated rings. The maximum Gasteiger partial charge on any atom is 0.310 e. The number of hydrogen-bond donors (Lipinski definition) is 1. The van der Waals surface area contributed by atoms with E-state index in [-0.39, 0.29) is 0 Å². The molecule has 0 radical (unpaired) electrons. The van der Waals surface area contributed by atoms with Gasteiger partial charge in [0.05, 0.1) is 5.92 Å². The lowest BCUT2D eigenvalue weighted by Gasteiger charge is -2.08. The maximum atomic E-state index is 10.7. The van der Waals surface area contributed by atoms with Crippen LogP contribution in [0.25, 0.3) is 0 Å². The van der Waals surface area contributed by atoms with E-state index in [9.17, 15) is 4.79 Å². The smallest absolute Gasteiger partial charge is 0.310 e. The van der Waals surface area contributed by atoms with Crippen molar-refractivity contribution in [2.75, 3.05) is 0 Å². The molecule has 1 aromatic rings. The fourth-order valence-corrected chi connectivity index (χ4v) is 2.01. The van der Waals surface area contributed by atoms with Gasteiger partial charge in [-0.25, -0.2) is 0 Å². The molecule has 1 N–H and O–H groups in total. The second-order valence-corrected chi connectivity index (χ2v) is 4.02. The molecule has 1 aromatic carbocycles. The minimum Gasteiger partial charge on any atom is -0.481 e. The van der Waals surface area contributed by atoms with E-state index >= 15 is 0 Å². The summed E-state index contributed by atoms with van der Waals surface area (Å²) in [5.41, 5.74) is 0.733. The number of hydrogen-bond acceptors (Lipinski definition) is 1. The van der Waals surface area contributed by atoms with Crippen LogP contribution < -0.4 is 0 Å². The van der Waals surface area contributed by atoms with E-state index in [0.29, 0.717) is 5.02 Å². The van der Waals surface area contributed by atoms with Crippen LogP contribution in [0.3, 0.4) is 0 Å². The Balaban J connectivity index is 3.08. The van der Waals surface area contributed by atoms with Crippen LogP contribution in [-0.2, 0) is 4.79 Å². The Labute approximate surface area is 89.7 Å². The Morgan fingerprint density at radius 3 is 2.69 bits per heavy atom. The molecule has 0 aliphatic heterocycles. The summed E-state index contributed by atoms with van der Waals surface area (Å²) in [6, 6.07) is 5.09. The van der Waals surface area contributed by atoms with Crippen molar-refractivity contribution in [3.63, 3.8) is 0 Å². The van der Waals surface area contributed by atoms with E-state index in [2.05, 4.69) is 15.9 Å². The Bertz CT molecular complexity index is 338. The summed E-state index contributed by atoms with van der Waals surface area (Å²) in [5, 5.41) is 9.37. The zero-order valence-electron chi connectivity index (χ0n) is 6.92. The van der Waals surface area contributed by atoms with E-state index in [1.54, 1.807) is 25.1 Å². The van der Waals surface area contributed by atoms with Crippen molar-refractivity contribution in [2.24, 2.45) is 0 Å². The molecule has 13 heavy (non-hydrogen) atoms. The normalized spacial score (nSPS) is 12.5. The van der Waals surface area contributed by atoms with Crippen molar-refractivity contribution in [1.29, 1.82) is 0 Å².